The second-order valence-corrected chi connectivity index (χ2v) is 3.36. The van der Waals surface area contributed by atoms with Crippen molar-refractivity contribution in [3.8, 4) is 29.5 Å². The summed E-state index contributed by atoms with van der Waals surface area (Å²) in [6, 6.07) is 7.65. The molecule has 0 atom stereocenters. The third-order valence-electron chi connectivity index (χ3n) is 2.32. The second kappa shape index (κ2) is 5.08. The van der Waals surface area contributed by atoms with Crippen LogP contribution in [-0.4, -0.2) is 23.3 Å². The Morgan fingerprint density at radius 3 is 2.82 bits per heavy atom. The van der Waals surface area contributed by atoms with Crippen LogP contribution < -0.4 is 10.2 Å². The highest BCUT2D eigenvalue weighted by Crippen LogP contribution is 2.20. The standard InChI is InChI=1S/C13H13N3O/c1-3-10-17-12-6-4-11(5-7-12)13-15-8-9-16(13)14-2/h1,4-9,14H,10H2,2H3. The van der Waals surface area contributed by atoms with E-state index in [2.05, 4.69) is 16.3 Å². The van der Waals surface area contributed by atoms with E-state index in [-0.39, 0.29) is 6.61 Å². The summed E-state index contributed by atoms with van der Waals surface area (Å²) in [5, 5.41) is 0. The number of terminal acetylenes is 1. The van der Waals surface area contributed by atoms with Crippen LogP contribution in [0.5, 0.6) is 5.75 Å². The fourth-order valence-corrected chi connectivity index (χ4v) is 1.52. The van der Waals surface area contributed by atoms with Gasteiger partial charge in [0, 0.05) is 25.0 Å². The van der Waals surface area contributed by atoms with Crippen LogP contribution in [0.25, 0.3) is 11.4 Å². The molecule has 1 N–H and O–H groups in total. The largest absolute Gasteiger partial charge is 0.481 e. The number of hydrogen-bond acceptors (Lipinski definition) is 3. The fourth-order valence-electron chi connectivity index (χ4n) is 1.52. The van der Waals surface area contributed by atoms with E-state index in [1.54, 1.807) is 6.20 Å². The topological polar surface area (TPSA) is 39.1 Å². The lowest BCUT2D eigenvalue weighted by molar-refractivity contribution is 0.370. The summed E-state index contributed by atoms with van der Waals surface area (Å²) in [6.45, 7) is 0.282. The number of nitrogens with one attached hydrogen (secondary N) is 1. The molecule has 2 aromatic rings. The minimum Gasteiger partial charge on any atom is -0.481 e. The second-order valence-electron chi connectivity index (χ2n) is 3.36. The molecule has 86 valence electrons. The molecule has 0 amide bonds. The fraction of sp³-hybridized carbons (Fsp3) is 0.154. The Morgan fingerprint density at radius 2 is 2.18 bits per heavy atom. The summed E-state index contributed by atoms with van der Waals surface area (Å²) < 4.78 is 7.15. The Bertz CT molecular complexity index is 522. The van der Waals surface area contributed by atoms with Crippen LogP contribution in [0, 0.1) is 12.3 Å². The molecule has 1 heterocycles. The highest BCUT2D eigenvalue weighted by Gasteiger charge is 2.04. The van der Waals surface area contributed by atoms with Gasteiger partial charge in [-0.3, -0.25) is 0 Å². The molecule has 4 heteroatoms. The van der Waals surface area contributed by atoms with Crippen molar-refractivity contribution in [2.24, 2.45) is 0 Å². The summed E-state index contributed by atoms with van der Waals surface area (Å²) >= 11 is 0. The van der Waals surface area contributed by atoms with E-state index in [4.69, 9.17) is 11.2 Å². The molecular formula is C13H13N3O. The first-order valence-electron chi connectivity index (χ1n) is 5.23. The maximum atomic E-state index is 5.31. The number of imidazole rings is 1. The normalized spacial score (nSPS) is 9.65. The Hall–Kier alpha value is -2.41. The van der Waals surface area contributed by atoms with Crippen LogP contribution in [-0.2, 0) is 0 Å². The van der Waals surface area contributed by atoms with Gasteiger partial charge in [0.1, 0.15) is 12.4 Å². The monoisotopic (exact) mass is 227 g/mol. The Labute approximate surface area is 100 Å². The molecule has 17 heavy (non-hydrogen) atoms. The zero-order valence-electron chi connectivity index (χ0n) is 9.55. The third kappa shape index (κ3) is 2.40. The highest BCUT2D eigenvalue weighted by atomic mass is 16.5. The van der Waals surface area contributed by atoms with Gasteiger partial charge in [0.2, 0.25) is 0 Å². The van der Waals surface area contributed by atoms with Gasteiger partial charge < -0.3 is 10.2 Å². The Balaban J connectivity index is 2.21. The molecule has 2 rings (SSSR count). The SMILES string of the molecule is C#CCOc1ccc(-c2nccn2NC)cc1. The van der Waals surface area contributed by atoms with Crippen LogP contribution >= 0.6 is 0 Å². The number of nitrogens with zero attached hydrogens (tertiary/aromatic N) is 2. The van der Waals surface area contributed by atoms with Crippen molar-refractivity contribution in [1.82, 2.24) is 9.66 Å². The molecular weight excluding hydrogens is 214 g/mol. The maximum Gasteiger partial charge on any atom is 0.158 e. The van der Waals surface area contributed by atoms with Gasteiger partial charge in [0.25, 0.3) is 0 Å². The smallest absolute Gasteiger partial charge is 0.158 e. The molecule has 0 saturated heterocycles. The van der Waals surface area contributed by atoms with Crippen molar-refractivity contribution < 1.29 is 4.74 Å². The molecule has 0 radical (unpaired) electrons. The van der Waals surface area contributed by atoms with Gasteiger partial charge in [-0.2, -0.15) is 0 Å². The first kappa shape index (κ1) is 11.1. The van der Waals surface area contributed by atoms with Crippen molar-refractivity contribution in [2.45, 2.75) is 0 Å². The van der Waals surface area contributed by atoms with Crippen LogP contribution in [0.4, 0.5) is 0 Å². The molecule has 0 bridgehead atoms. The van der Waals surface area contributed by atoms with Gasteiger partial charge in [0.05, 0.1) is 0 Å². The van der Waals surface area contributed by atoms with Gasteiger partial charge in [0.15, 0.2) is 5.82 Å². The summed E-state index contributed by atoms with van der Waals surface area (Å²) in [4.78, 5) is 4.28. The summed E-state index contributed by atoms with van der Waals surface area (Å²) in [6.07, 6.45) is 8.73. The number of benzene rings is 1. The molecule has 0 aliphatic rings. The van der Waals surface area contributed by atoms with Crippen molar-refractivity contribution in [3.63, 3.8) is 0 Å². The molecule has 0 aliphatic heterocycles. The predicted molar refractivity (Wildman–Crippen MR) is 67.3 cm³/mol. The molecule has 0 spiro atoms. The lowest BCUT2D eigenvalue weighted by Crippen LogP contribution is -2.08. The predicted octanol–water partition coefficient (Wildman–Crippen LogP) is 1.74. The van der Waals surface area contributed by atoms with Crippen LogP contribution in [0.1, 0.15) is 0 Å². The summed E-state index contributed by atoms with van der Waals surface area (Å²) in [7, 11) is 1.84. The Morgan fingerprint density at radius 1 is 1.41 bits per heavy atom. The van der Waals surface area contributed by atoms with Crippen molar-refractivity contribution in [1.29, 1.82) is 0 Å². The summed E-state index contributed by atoms with van der Waals surface area (Å²) in [5.74, 6) is 4.04. The van der Waals surface area contributed by atoms with Gasteiger partial charge in [-0.15, -0.1) is 6.42 Å². The lowest BCUT2D eigenvalue weighted by Gasteiger charge is -2.07. The molecule has 1 aromatic carbocycles. The van der Waals surface area contributed by atoms with Crippen LogP contribution in [0.3, 0.4) is 0 Å². The van der Waals surface area contributed by atoms with Gasteiger partial charge in [-0.1, -0.05) is 5.92 Å². The number of aromatic nitrogens is 2. The minimum absolute atomic E-state index is 0.282. The summed E-state index contributed by atoms with van der Waals surface area (Å²) in [5.41, 5.74) is 4.03. The van der Waals surface area contributed by atoms with E-state index in [1.165, 1.54) is 0 Å². The number of hydrogen-bond donors (Lipinski definition) is 1. The van der Waals surface area contributed by atoms with Crippen LogP contribution in [0.15, 0.2) is 36.7 Å². The van der Waals surface area contributed by atoms with Crippen molar-refractivity contribution in [2.75, 3.05) is 19.1 Å². The van der Waals surface area contributed by atoms with E-state index in [0.29, 0.717) is 0 Å². The van der Waals surface area contributed by atoms with Crippen molar-refractivity contribution in [3.05, 3.63) is 36.7 Å². The zero-order chi connectivity index (χ0) is 12.1. The number of rotatable bonds is 4. The van der Waals surface area contributed by atoms with E-state index in [1.807, 2.05) is 42.2 Å². The van der Waals surface area contributed by atoms with E-state index < -0.39 is 0 Å². The maximum absolute atomic E-state index is 5.31. The van der Waals surface area contributed by atoms with Crippen LogP contribution in [0.2, 0.25) is 0 Å². The minimum atomic E-state index is 0.282. The molecule has 0 aliphatic carbocycles. The van der Waals surface area contributed by atoms with E-state index >= 15 is 0 Å². The first-order chi connectivity index (χ1) is 8.35. The van der Waals surface area contributed by atoms with Crippen molar-refractivity contribution >= 4 is 0 Å². The Kier molecular flexibility index (Phi) is 3.31. The first-order valence-corrected chi connectivity index (χ1v) is 5.23. The average Bonchev–Trinajstić information content (AvgIpc) is 2.85. The quantitative estimate of drug-likeness (QED) is 0.808. The lowest BCUT2D eigenvalue weighted by atomic mass is 10.2. The highest BCUT2D eigenvalue weighted by molar-refractivity contribution is 5.57. The van der Waals surface area contributed by atoms with E-state index in [0.717, 1.165) is 17.1 Å². The average molecular weight is 227 g/mol. The van der Waals surface area contributed by atoms with Gasteiger partial charge >= 0.3 is 0 Å². The molecule has 0 fully saturated rings. The van der Waals surface area contributed by atoms with Gasteiger partial charge in [-0.05, 0) is 24.3 Å². The molecule has 0 saturated carbocycles. The molecule has 4 nitrogen and oxygen atoms in total. The number of ether oxygens (including phenoxy) is 1. The van der Waals surface area contributed by atoms with Gasteiger partial charge in [-0.25, -0.2) is 9.66 Å². The third-order valence-corrected chi connectivity index (χ3v) is 2.32. The zero-order valence-corrected chi connectivity index (χ0v) is 9.55. The van der Waals surface area contributed by atoms with E-state index in [9.17, 15) is 0 Å². The molecule has 0 unspecified atom stereocenters. The molecule has 1 aromatic heterocycles.